The van der Waals surface area contributed by atoms with E-state index >= 15 is 0 Å². The first kappa shape index (κ1) is 15.5. The van der Waals surface area contributed by atoms with Gasteiger partial charge in [-0.05, 0) is 29.7 Å². The molecule has 4 heteroatoms. The highest BCUT2D eigenvalue weighted by Gasteiger charge is 2.09. The van der Waals surface area contributed by atoms with Gasteiger partial charge < -0.3 is 15.0 Å². The monoisotopic (exact) mass is 307 g/mol. The first-order chi connectivity index (χ1) is 11.4. The van der Waals surface area contributed by atoms with Crippen molar-refractivity contribution < 1.29 is 5.11 Å². The number of aliphatic hydroxyl groups excluding tert-OH is 1. The van der Waals surface area contributed by atoms with E-state index in [-0.39, 0.29) is 12.6 Å². The highest BCUT2D eigenvalue weighted by atomic mass is 16.3. The Bertz CT molecular complexity index is 693. The third kappa shape index (κ3) is 4.06. The van der Waals surface area contributed by atoms with Gasteiger partial charge in [-0.2, -0.15) is 0 Å². The minimum Gasteiger partial charge on any atom is -0.396 e. The highest BCUT2D eigenvalue weighted by molar-refractivity contribution is 5.34. The molecule has 1 heterocycles. The lowest BCUT2D eigenvalue weighted by atomic mass is 10.0. The second kappa shape index (κ2) is 7.72. The van der Waals surface area contributed by atoms with Gasteiger partial charge >= 0.3 is 0 Å². The number of aromatic nitrogens is 2. The van der Waals surface area contributed by atoms with E-state index in [2.05, 4.69) is 46.7 Å². The molecule has 118 valence electrons. The topological polar surface area (TPSA) is 50.1 Å². The molecule has 0 bridgehead atoms. The Hall–Kier alpha value is -2.43. The van der Waals surface area contributed by atoms with E-state index in [0.29, 0.717) is 6.42 Å². The van der Waals surface area contributed by atoms with Crippen LogP contribution >= 0.6 is 0 Å². The average molecular weight is 307 g/mol. The van der Waals surface area contributed by atoms with E-state index < -0.39 is 0 Å². The van der Waals surface area contributed by atoms with Crippen molar-refractivity contribution in [1.82, 2.24) is 14.9 Å². The van der Waals surface area contributed by atoms with Gasteiger partial charge in [0.2, 0.25) is 0 Å². The fourth-order valence-corrected chi connectivity index (χ4v) is 2.64. The molecule has 0 radical (unpaired) electrons. The summed E-state index contributed by atoms with van der Waals surface area (Å²) in [6, 6.07) is 18.8. The molecule has 0 amide bonds. The summed E-state index contributed by atoms with van der Waals surface area (Å²) in [4.78, 5) is 4.06. The molecule has 0 saturated carbocycles. The van der Waals surface area contributed by atoms with Crippen molar-refractivity contribution in [1.29, 1.82) is 0 Å². The van der Waals surface area contributed by atoms with Gasteiger partial charge in [0.05, 0.1) is 6.33 Å². The molecule has 0 spiro atoms. The van der Waals surface area contributed by atoms with Crippen LogP contribution in [-0.4, -0.2) is 21.3 Å². The number of hydrogen-bond donors (Lipinski definition) is 2. The van der Waals surface area contributed by atoms with Gasteiger partial charge in [-0.15, -0.1) is 0 Å². The number of nitrogens with one attached hydrogen (secondary N) is 1. The average Bonchev–Trinajstić information content (AvgIpc) is 3.14. The Morgan fingerprint density at radius 2 is 1.83 bits per heavy atom. The van der Waals surface area contributed by atoms with Crippen molar-refractivity contribution in [2.45, 2.75) is 19.0 Å². The van der Waals surface area contributed by atoms with Crippen molar-refractivity contribution in [2.75, 3.05) is 6.61 Å². The van der Waals surface area contributed by atoms with E-state index in [1.54, 1.807) is 12.5 Å². The standard InChI is InChI=1S/C19H21N3O/c23-13-10-19(17-4-2-1-3-5-17)21-14-16-6-8-18(9-7-16)22-12-11-20-15-22/h1-9,11-12,15,19,21,23H,10,13-14H2/t19-/m1/s1. The zero-order valence-electron chi connectivity index (χ0n) is 13.0. The van der Waals surface area contributed by atoms with Gasteiger partial charge in [-0.3, -0.25) is 0 Å². The lowest BCUT2D eigenvalue weighted by Gasteiger charge is -2.18. The zero-order valence-corrected chi connectivity index (χ0v) is 13.0. The van der Waals surface area contributed by atoms with Gasteiger partial charge in [0, 0.05) is 37.3 Å². The number of hydrogen-bond acceptors (Lipinski definition) is 3. The predicted molar refractivity (Wildman–Crippen MR) is 91.3 cm³/mol. The van der Waals surface area contributed by atoms with Crippen LogP contribution in [0.5, 0.6) is 0 Å². The van der Waals surface area contributed by atoms with Gasteiger partial charge in [0.25, 0.3) is 0 Å². The minimum atomic E-state index is 0.162. The normalized spacial score (nSPS) is 12.2. The molecule has 4 nitrogen and oxygen atoms in total. The maximum absolute atomic E-state index is 9.29. The molecule has 1 atom stereocenters. The first-order valence-corrected chi connectivity index (χ1v) is 7.83. The Kier molecular flexibility index (Phi) is 5.19. The molecular weight excluding hydrogens is 286 g/mol. The van der Waals surface area contributed by atoms with Crippen molar-refractivity contribution in [2.24, 2.45) is 0 Å². The molecule has 0 aliphatic heterocycles. The second-order valence-corrected chi connectivity index (χ2v) is 5.49. The molecular formula is C19H21N3O. The molecule has 0 aliphatic rings. The summed E-state index contributed by atoms with van der Waals surface area (Å²) < 4.78 is 1.98. The van der Waals surface area contributed by atoms with E-state index in [1.807, 2.05) is 29.0 Å². The van der Waals surface area contributed by atoms with Crippen LogP contribution in [0.4, 0.5) is 0 Å². The minimum absolute atomic E-state index is 0.162. The SMILES string of the molecule is OCC[C@@H](NCc1ccc(-n2ccnc2)cc1)c1ccccc1. The predicted octanol–water partition coefficient (Wildman–Crippen LogP) is 3.09. The lowest BCUT2D eigenvalue weighted by molar-refractivity contribution is 0.265. The van der Waals surface area contributed by atoms with Crippen LogP contribution in [0.1, 0.15) is 23.6 Å². The number of nitrogens with zero attached hydrogens (tertiary/aromatic N) is 2. The fourth-order valence-electron chi connectivity index (χ4n) is 2.64. The third-order valence-electron chi connectivity index (χ3n) is 3.91. The quantitative estimate of drug-likeness (QED) is 0.705. The fraction of sp³-hybridized carbons (Fsp3) is 0.211. The second-order valence-electron chi connectivity index (χ2n) is 5.49. The molecule has 2 aromatic carbocycles. The van der Waals surface area contributed by atoms with Crippen LogP contribution < -0.4 is 5.32 Å². The van der Waals surface area contributed by atoms with Gasteiger partial charge in [0.1, 0.15) is 0 Å². The van der Waals surface area contributed by atoms with Crippen molar-refractivity contribution in [3.8, 4) is 5.69 Å². The smallest absolute Gasteiger partial charge is 0.0991 e. The summed E-state index contributed by atoms with van der Waals surface area (Å²) in [5.74, 6) is 0. The van der Waals surface area contributed by atoms with Crippen LogP contribution in [0, 0.1) is 0 Å². The summed E-state index contributed by atoms with van der Waals surface area (Å²) >= 11 is 0. The zero-order chi connectivity index (χ0) is 15.9. The number of rotatable bonds is 7. The van der Waals surface area contributed by atoms with Crippen molar-refractivity contribution in [3.05, 3.63) is 84.4 Å². The van der Waals surface area contributed by atoms with E-state index in [9.17, 15) is 5.11 Å². The van der Waals surface area contributed by atoms with E-state index in [4.69, 9.17) is 0 Å². The number of imidazole rings is 1. The summed E-state index contributed by atoms with van der Waals surface area (Å²) in [6.45, 7) is 0.940. The summed E-state index contributed by atoms with van der Waals surface area (Å²) in [5.41, 5.74) is 3.52. The lowest BCUT2D eigenvalue weighted by Crippen LogP contribution is -2.22. The molecule has 3 rings (SSSR count). The van der Waals surface area contributed by atoms with Gasteiger partial charge in [0.15, 0.2) is 0 Å². The van der Waals surface area contributed by atoms with Crippen molar-refractivity contribution >= 4 is 0 Å². The Balaban J connectivity index is 1.64. The van der Waals surface area contributed by atoms with Gasteiger partial charge in [-0.25, -0.2) is 4.98 Å². The molecule has 0 saturated heterocycles. The van der Waals surface area contributed by atoms with E-state index in [1.165, 1.54) is 11.1 Å². The van der Waals surface area contributed by atoms with Crippen LogP contribution in [0.15, 0.2) is 73.3 Å². The molecule has 0 unspecified atom stereocenters. The third-order valence-corrected chi connectivity index (χ3v) is 3.91. The molecule has 1 aromatic heterocycles. The summed E-state index contributed by atoms with van der Waals surface area (Å²) in [6.07, 6.45) is 6.20. The Morgan fingerprint density at radius 1 is 1.04 bits per heavy atom. The molecule has 23 heavy (non-hydrogen) atoms. The molecule has 0 fully saturated rings. The maximum Gasteiger partial charge on any atom is 0.0991 e. The molecule has 0 aliphatic carbocycles. The van der Waals surface area contributed by atoms with Crippen LogP contribution in [0.2, 0.25) is 0 Å². The van der Waals surface area contributed by atoms with Crippen LogP contribution in [0.3, 0.4) is 0 Å². The number of aliphatic hydroxyl groups is 1. The van der Waals surface area contributed by atoms with Crippen LogP contribution in [-0.2, 0) is 6.54 Å². The molecule has 2 N–H and O–H groups in total. The first-order valence-electron chi connectivity index (χ1n) is 7.83. The Morgan fingerprint density at radius 3 is 2.48 bits per heavy atom. The number of benzene rings is 2. The van der Waals surface area contributed by atoms with Crippen molar-refractivity contribution in [3.63, 3.8) is 0 Å². The maximum atomic E-state index is 9.29. The summed E-state index contributed by atoms with van der Waals surface area (Å²) in [7, 11) is 0. The largest absolute Gasteiger partial charge is 0.396 e. The molecule has 3 aromatic rings. The van der Waals surface area contributed by atoms with Crippen LogP contribution in [0.25, 0.3) is 5.69 Å². The highest BCUT2D eigenvalue weighted by Crippen LogP contribution is 2.17. The van der Waals surface area contributed by atoms with Gasteiger partial charge in [-0.1, -0.05) is 42.5 Å². The van der Waals surface area contributed by atoms with E-state index in [0.717, 1.165) is 12.2 Å². The summed E-state index contributed by atoms with van der Waals surface area (Å²) in [5, 5.41) is 12.8. The Labute approximate surface area is 136 Å².